The zero-order valence-electron chi connectivity index (χ0n) is 13.8. The number of fused-ring (bicyclic) bond motifs is 1. The molecular weight excluding hydrogens is 328 g/mol. The van der Waals surface area contributed by atoms with Crippen LogP contribution in [0.15, 0.2) is 83.9 Å². The highest BCUT2D eigenvalue weighted by Crippen LogP contribution is 2.30. The molecule has 0 spiro atoms. The minimum Gasteiger partial charge on any atom is -0.508 e. The average molecular weight is 344 g/mol. The zero-order chi connectivity index (χ0) is 17.9. The number of nitrogens with one attached hydrogen (secondary N) is 1. The molecule has 1 heterocycles. The fourth-order valence-corrected chi connectivity index (χ4v) is 2.81. The first-order chi connectivity index (χ1) is 12.7. The van der Waals surface area contributed by atoms with Gasteiger partial charge in [0.25, 0.3) is 5.91 Å². The molecule has 0 fully saturated rings. The molecule has 1 amide bonds. The van der Waals surface area contributed by atoms with Crippen molar-refractivity contribution in [2.75, 3.05) is 5.32 Å². The largest absolute Gasteiger partial charge is 0.508 e. The second kappa shape index (κ2) is 6.72. The van der Waals surface area contributed by atoms with Gasteiger partial charge in [-0.3, -0.25) is 4.79 Å². The van der Waals surface area contributed by atoms with Crippen LogP contribution in [0.2, 0.25) is 0 Å². The number of aliphatic imine (C=N–C) groups is 1. The van der Waals surface area contributed by atoms with Gasteiger partial charge in [-0.2, -0.15) is 0 Å². The summed E-state index contributed by atoms with van der Waals surface area (Å²) in [5, 5.41) is 12.5. The number of ether oxygens (including phenoxy) is 1. The molecule has 1 aliphatic rings. The van der Waals surface area contributed by atoms with Gasteiger partial charge in [-0.25, -0.2) is 4.99 Å². The van der Waals surface area contributed by atoms with Crippen molar-refractivity contribution in [3.8, 4) is 11.5 Å². The Morgan fingerprint density at radius 1 is 0.923 bits per heavy atom. The van der Waals surface area contributed by atoms with Gasteiger partial charge in [0, 0.05) is 11.6 Å². The van der Waals surface area contributed by atoms with Gasteiger partial charge in [0.15, 0.2) is 0 Å². The Kier molecular flexibility index (Phi) is 4.11. The monoisotopic (exact) mass is 344 g/mol. The van der Waals surface area contributed by atoms with Crippen LogP contribution in [0, 0.1) is 0 Å². The van der Waals surface area contributed by atoms with Crippen LogP contribution in [-0.2, 0) is 4.79 Å². The van der Waals surface area contributed by atoms with E-state index in [0.717, 1.165) is 5.56 Å². The number of phenolic OH excluding ortho intramolecular Hbond substituents is 1. The molecule has 1 atom stereocenters. The Morgan fingerprint density at radius 2 is 1.69 bits per heavy atom. The first-order valence-corrected chi connectivity index (χ1v) is 8.20. The van der Waals surface area contributed by atoms with Gasteiger partial charge in [-0.1, -0.05) is 48.5 Å². The number of hydrogen-bond acceptors (Lipinski definition) is 4. The predicted molar refractivity (Wildman–Crippen MR) is 100 cm³/mol. The number of benzene rings is 3. The number of phenols is 1. The molecular formula is C21H16N2O3. The van der Waals surface area contributed by atoms with E-state index in [-0.39, 0.29) is 11.7 Å². The molecule has 0 saturated heterocycles. The third kappa shape index (κ3) is 3.15. The van der Waals surface area contributed by atoms with Crippen LogP contribution in [0.4, 0.5) is 11.4 Å². The molecule has 2 N–H and O–H groups in total. The molecule has 0 radical (unpaired) electrons. The lowest BCUT2D eigenvalue weighted by atomic mass is 10.0. The number of rotatable bonds is 3. The highest BCUT2D eigenvalue weighted by molar-refractivity contribution is 6.21. The van der Waals surface area contributed by atoms with Crippen LogP contribution in [-0.4, -0.2) is 22.8 Å². The van der Waals surface area contributed by atoms with Gasteiger partial charge in [0.05, 0.1) is 17.1 Å². The van der Waals surface area contributed by atoms with E-state index in [1.165, 1.54) is 6.07 Å². The topological polar surface area (TPSA) is 70.9 Å². The molecule has 1 aliphatic heterocycles. The number of aromatic hydroxyl groups is 1. The molecule has 0 aliphatic carbocycles. The summed E-state index contributed by atoms with van der Waals surface area (Å²) in [6, 6.07) is 23.2. The summed E-state index contributed by atoms with van der Waals surface area (Å²) in [6.07, 6.45) is -0.952. The average Bonchev–Trinajstić information content (AvgIpc) is 2.79. The maximum Gasteiger partial charge on any atom is 0.271 e. The summed E-state index contributed by atoms with van der Waals surface area (Å²) in [5.41, 5.74) is 2.61. The summed E-state index contributed by atoms with van der Waals surface area (Å²) in [5.74, 6) is 0.138. The number of hydrogen-bond donors (Lipinski definition) is 2. The van der Waals surface area contributed by atoms with Crippen molar-refractivity contribution in [1.82, 2.24) is 0 Å². The van der Waals surface area contributed by atoms with Gasteiger partial charge < -0.3 is 15.2 Å². The van der Waals surface area contributed by atoms with Gasteiger partial charge in [0.2, 0.25) is 6.10 Å². The molecule has 0 bridgehead atoms. The minimum atomic E-state index is -0.952. The van der Waals surface area contributed by atoms with E-state index in [4.69, 9.17) is 9.73 Å². The number of para-hydroxylation sites is 2. The maximum atomic E-state index is 12.9. The molecule has 4 rings (SSSR count). The summed E-state index contributed by atoms with van der Waals surface area (Å²) < 4.78 is 5.92. The van der Waals surface area contributed by atoms with Crippen LogP contribution < -0.4 is 10.1 Å². The molecule has 26 heavy (non-hydrogen) atoms. The first-order valence-electron chi connectivity index (χ1n) is 8.20. The fourth-order valence-electron chi connectivity index (χ4n) is 2.81. The van der Waals surface area contributed by atoms with Crippen LogP contribution in [0.25, 0.3) is 0 Å². The molecule has 5 nitrogen and oxygen atoms in total. The van der Waals surface area contributed by atoms with E-state index < -0.39 is 6.10 Å². The zero-order valence-corrected chi connectivity index (χ0v) is 13.8. The van der Waals surface area contributed by atoms with Crippen LogP contribution in [0.5, 0.6) is 11.5 Å². The SMILES string of the molecule is O=C1Nc2ccccc2N=C(c2ccccc2)C1Oc1cccc(O)c1. The molecule has 3 aromatic rings. The standard InChI is InChI=1S/C21H16N2O3/c24-15-9-6-10-16(13-15)26-20-19(14-7-2-1-3-8-14)22-17-11-4-5-12-18(17)23-21(20)25/h1-13,20,24H,(H,23,25). The van der Waals surface area contributed by atoms with Crippen molar-refractivity contribution in [3.05, 3.63) is 84.4 Å². The summed E-state index contributed by atoms with van der Waals surface area (Å²) >= 11 is 0. The van der Waals surface area contributed by atoms with Gasteiger partial charge in [-0.15, -0.1) is 0 Å². The van der Waals surface area contributed by atoms with Crippen molar-refractivity contribution in [1.29, 1.82) is 0 Å². The van der Waals surface area contributed by atoms with Crippen molar-refractivity contribution in [2.24, 2.45) is 4.99 Å². The summed E-state index contributed by atoms with van der Waals surface area (Å²) in [4.78, 5) is 17.6. The number of amides is 1. The predicted octanol–water partition coefficient (Wildman–Crippen LogP) is 3.91. The van der Waals surface area contributed by atoms with Crippen molar-refractivity contribution in [3.63, 3.8) is 0 Å². The second-order valence-corrected chi connectivity index (χ2v) is 5.86. The van der Waals surface area contributed by atoms with Crippen molar-refractivity contribution < 1.29 is 14.6 Å². The second-order valence-electron chi connectivity index (χ2n) is 5.86. The fraction of sp³-hybridized carbons (Fsp3) is 0.0476. The lowest BCUT2D eigenvalue weighted by molar-refractivity contribution is -0.120. The van der Waals surface area contributed by atoms with E-state index in [9.17, 15) is 9.90 Å². The minimum absolute atomic E-state index is 0.0676. The van der Waals surface area contributed by atoms with Crippen molar-refractivity contribution in [2.45, 2.75) is 6.10 Å². The third-order valence-corrected chi connectivity index (χ3v) is 4.03. The Bertz CT molecular complexity index is 983. The molecule has 3 aromatic carbocycles. The van der Waals surface area contributed by atoms with E-state index in [1.807, 2.05) is 48.5 Å². The van der Waals surface area contributed by atoms with E-state index >= 15 is 0 Å². The lowest BCUT2D eigenvalue weighted by Gasteiger charge is -2.19. The number of carbonyl (C=O) groups is 1. The Labute approximate surface area is 150 Å². The summed E-state index contributed by atoms with van der Waals surface area (Å²) in [6.45, 7) is 0. The Morgan fingerprint density at radius 3 is 2.50 bits per heavy atom. The lowest BCUT2D eigenvalue weighted by Crippen LogP contribution is -2.39. The molecule has 1 unspecified atom stereocenters. The molecule has 0 aromatic heterocycles. The number of carbonyl (C=O) groups excluding carboxylic acids is 1. The highest BCUT2D eigenvalue weighted by atomic mass is 16.5. The van der Waals surface area contributed by atoms with E-state index in [0.29, 0.717) is 22.8 Å². The van der Waals surface area contributed by atoms with Crippen LogP contribution in [0.1, 0.15) is 5.56 Å². The first kappa shape index (κ1) is 15.9. The normalized spacial score (nSPS) is 16.1. The number of anilines is 1. The molecule has 0 saturated carbocycles. The molecule has 5 heteroatoms. The van der Waals surface area contributed by atoms with Crippen LogP contribution >= 0.6 is 0 Å². The highest BCUT2D eigenvalue weighted by Gasteiger charge is 2.31. The quantitative estimate of drug-likeness (QED) is 0.757. The summed E-state index contributed by atoms with van der Waals surface area (Å²) in [7, 11) is 0. The van der Waals surface area contributed by atoms with E-state index in [2.05, 4.69) is 5.32 Å². The Hall–Kier alpha value is -3.60. The van der Waals surface area contributed by atoms with E-state index in [1.54, 1.807) is 24.3 Å². The van der Waals surface area contributed by atoms with Crippen LogP contribution in [0.3, 0.4) is 0 Å². The number of nitrogens with zero attached hydrogens (tertiary/aromatic N) is 1. The smallest absolute Gasteiger partial charge is 0.271 e. The van der Waals surface area contributed by atoms with Gasteiger partial charge >= 0.3 is 0 Å². The maximum absolute atomic E-state index is 12.9. The van der Waals surface area contributed by atoms with Gasteiger partial charge in [-0.05, 0) is 24.3 Å². The molecule has 128 valence electrons. The van der Waals surface area contributed by atoms with Crippen molar-refractivity contribution >= 4 is 23.0 Å². The Balaban J connectivity index is 1.81. The van der Waals surface area contributed by atoms with Gasteiger partial charge in [0.1, 0.15) is 11.5 Å². The third-order valence-electron chi connectivity index (χ3n) is 4.03.